The second-order valence-corrected chi connectivity index (χ2v) is 11.6. The van der Waals surface area contributed by atoms with Crippen LogP contribution < -0.4 is 9.47 Å². The molecule has 2 amide bonds. The molecule has 1 aliphatic heterocycles. The summed E-state index contributed by atoms with van der Waals surface area (Å²) in [5.74, 6) is 1.37. The third-order valence-corrected chi connectivity index (χ3v) is 8.90. The lowest BCUT2D eigenvalue weighted by Gasteiger charge is -2.36. The monoisotopic (exact) mass is 626 g/mol. The average Bonchev–Trinajstić information content (AvgIpc) is 3.16. The van der Waals surface area contributed by atoms with Crippen LogP contribution in [0.2, 0.25) is 0 Å². The minimum Gasteiger partial charge on any atom is -0.497 e. The number of amides is 2. The van der Waals surface area contributed by atoms with Crippen molar-refractivity contribution < 1.29 is 34.7 Å². The molecule has 242 valence electrons. The van der Waals surface area contributed by atoms with Crippen LogP contribution in [-0.4, -0.2) is 74.8 Å². The van der Waals surface area contributed by atoms with E-state index < -0.39 is 24.3 Å². The highest BCUT2D eigenvalue weighted by atomic mass is 16.5. The van der Waals surface area contributed by atoms with Gasteiger partial charge in [0.15, 0.2) is 0 Å². The van der Waals surface area contributed by atoms with Crippen molar-refractivity contribution in [3.8, 4) is 11.5 Å². The Morgan fingerprint density at radius 2 is 0.913 bits per heavy atom. The molecule has 4 aromatic carbocycles. The van der Waals surface area contributed by atoms with Crippen LogP contribution in [0.3, 0.4) is 0 Å². The Hall–Kier alpha value is -4.41. The first-order valence-electron chi connectivity index (χ1n) is 15.4. The minimum atomic E-state index is -1.31. The third kappa shape index (κ3) is 7.35. The number of urea groups is 1. The van der Waals surface area contributed by atoms with Gasteiger partial charge in [-0.2, -0.15) is 0 Å². The maximum atomic E-state index is 14.9. The molecule has 4 N–H and O–H groups in total. The Morgan fingerprint density at radius 1 is 0.565 bits per heavy atom. The fourth-order valence-electron chi connectivity index (χ4n) is 6.21. The maximum Gasteiger partial charge on any atom is 0.321 e. The number of methoxy groups -OCH3 is 2. The van der Waals surface area contributed by atoms with Gasteiger partial charge in [-0.15, -0.1) is 0 Å². The molecule has 4 aromatic rings. The molecule has 4 unspecified atom stereocenters. The van der Waals surface area contributed by atoms with Gasteiger partial charge in [0.2, 0.25) is 0 Å². The molecule has 0 aliphatic carbocycles. The van der Waals surface area contributed by atoms with E-state index in [0.717, 1.165) is 22.3 Å². The summed E-state index contributed by atoms with van der Waals surface area (Å²) in [5.41, 5.74) is 4.54. The number of hydrogen-bond donors (Lipinski definition) is 4. The van der Waals surface area contributed by atoms with E-state index in [0.29, 0.717) is 22.6 Å². The summed E-state index contributed by atoms with van der Waals surface area (Å²) in [7, 11) is 3.18. The number of aliphatic hydroxyl groups excluding tert-OH is 4. The highest BCUT2D eigenvalue weighted by molar-refractivity contribution is 5.76. The second-order valence-electron chi connectivity index (χ2n) is 11.6. The van der Waals surface area contributed by atoms with Gasteiger partial charge in [-0.3, -0.25) is 0 Å². The van der Waals surface area contributed by atoms with Crippen molar-refractivity contribution in [2.24, 2.45) is 0 Å². The summed E-state index contributed by atoms with van der Waals surface area (Å²) >= 11 is 0. The van der Waals surface area contributed by atoms with E-state index in [1.54, 1.807) is 24.0 Å². The molecule has 0 radical (unpaired) electrons. The van der Waals surface area contributed by atoms with Gasteiger partial charge < -0.3 is 39.7 Å². The van der Waals surface area contributed by atoms with Crippen molar-refractivity contribution in [3.63, 3.8) is 0 Å². The molecular weight excluding hydrogens is 584 g/mol. The van der Waals surface area contributed by atoms with Gasteiger partial charge in [-0.25, -0.2) is 4.79 Å². The predicted molar refractivity (Wildman–Crippen MR) is 174 cm³/mol. The van der Waals surface area contributed by atoms with Crippen molar-refractivity contribution in [2.45, 2.75) is 63.4 Å². The van der Waals surface area contributed by atoms with Gasteiger partial charge >= 0.3 is 6.03 Å². The van der Waals surface area contributed by atoms with Crippen molar-refractivity contribution >= 4 is 6.03 Å². The number of nitrogens with zero attached hydrogens (tertiary/aromatic N) is 2. The summed E-state index contributed by atoms with van der Waals surface area (Å²) in [6.07, 6.45) is -2.08. The lowest BCUT2D eigenvalue weighted by atomic mass is 9.90. The Labute approximate surface area is 269 Å². The Balaban J connectivity index is 1.61. The van der Waals surface area contributed by atoms with E-state index in [1.807, 2.05) is 97.1 Å². The molecule has 9 nitrogen and oxygen atoms in total. The van der Waals surface area contributed by atoms with Crippen LogP contribution in [0.5, 0.6) is 11.5 Å². The molecule has 1 fully saturated rings. The van der Waals surface area contributed by atoms with E-state index in [2.05, 4.69) is 0 Å². The quantitative estimate of drug-likeness (QED) is 0.187. The molecule has 1 saturated heterocycles. The molecule has 4 atom stereocenters. The second kappa shape index (κ2) is 15.2. The number of carbonyl (C=O) groups is 1. The van der Waals surface area contributed by atoms with Gasteiger partial charge in [0.1, 0.15) is 23.7 Å². The van der Waals surface area contributed by atoms with E-state index >= 15 is 0 Å². The van der Waals surface area contributed by atoms with Crippen LogP contribution in [0, 0.1) is 0 Å². The molecule has 46 heavy (non-hydrogen) atoms. The third-order valence-electron chi connectivity index (χ3n) is 8.90. The smallest absolute Gasteiger partial charge is 0.321 e. The van der Waals surface area contributed by atoms with Gasteiger partial charge in [0.05, 0.1) is 39.5 Å². The highest BCUT2D eigenvalue weighted by Crippen LogP contribution is 2.31. The van der Waals surface area contributed by atoms with Crippen LogP contribution in [0.25, 0.3) is 0 Å². The summed E-state index contributed by atoms with van der Waals surface area (Å²) < 4.78 is 10.6. The molecule has 0 aromatic heterocycles. The number of carbonyl (C=O) groups excluding carboxylic acids is 1. The number of benzene rings is 4. The van der Waals surface area contributed by atoms with Crippen LogP contribution in [0.15, 0.2) is 97.1 Å². The SMILES string of the molecule is COc1ccc(CC2C(O)C(O)C(Cc3ccc(OC)cc3)N(Cc3ccccc3CO)C(=O)N2Cc2ccccc2CO)cc1. The van der Waals surface area contributed by atoms with Gasteiger partial charge in [-0.05, 0) is 70.5 Å². The lowest BCUT2D eigenvalue weighted by Crippen LogP contribution is -2.50. The molecule has 0 bridgehead atoms. The van der Waals surface area contributed by atoms with Crippen molar-refractivity contribution in [1.29, 1.82) is 0 Å². The predicted octanol–water partition coefficient (Wildman–Crippen LogP) is 4.07. The van der Waals surface area contributed by atoms with Crippen molar-refractivity contribution in [2.75, 3.05) is 14.2 Å². The molecule has 0 saturated carbocycles. The van der Waals surface area contributed by atoms with Gasteiger partial charge in [0, 0.05) is 13.1 Å². The Bertz CT molecular complexity index is 1460. The van der Waals surface area contributed by atoms with Crippen molar-refractivity contribution in [3.05, 3.63) is 130 Å². The van der Waals surface area contributed by atoms with E-state index in [4.69, 9.17) is 9.47 Å². The van der Waals surface area contributed by atoms with Gasteiger partial charge in [-0.1, -0.05) is 72.8 Å². The lowest BCUT2D eigenvalue weighted by molar-refractivity contribution is -0.0409. The standard InChI is InChI=1S/C37H42N2O7/c1-45-31-15-11-25(12-16-31)19-33-35(42)36(43)34(20-26-13-17-32(46-2)18-14-26)39(22-28-8-4-6-10-30(28)24-41)37(44)38(33)21-27-7-3-5-9-29(27)23-40/h3-18,33-36,40-43H,19-24H2,1-2H3. The highest BCUT2D eigenvalue weighted by Gasteiger charge is 2.46. The van der Waals surface area contributed by atoms with E-state index in [-0.39, 0.29) is 45.2 Å². The van der Waals surface area contributed by atoms with Crippen LogP contribution in [0.1, 0.15) is 33.4 Å². The first-order chi connectivity index (χ1) is 22.4. The summed E-state index contributed by atoms with van der Waals surface area (Å²) in [6, 6.07) is 27.6. The molecule has 0 spiro atoms. The largest absolute Gasteiger partial charge is 0.497 e. The maximum absolute atomic E-state index is 14.9. The van der Waals surface area contributed by atoms with Crippen molar-refractivity contribution in [1.82, 2.24) is 9.80 Å². The summed E-state index contributed by atoms with van der Waals surface area (Å²) in [4.78, 5) is 18.1. The summed E-state index contributed by atoms with van der Waals surface area (Å²) in [6.45, 7) is -0.207. The van der Waals surface area contributed by atoms with E-state index in [1.165, 1.54) is 0 Å². The normalized spacial score (nSPS) is 20.0. The van der Waals surface area contributed by atoms with Crippen LogP contribution in [-0.2, 0) is 39.1 Å². The zero-order valence-corrected chi connectivity index (χ0v) is 26.2. The van der Waals surface area contributed by atoms with E-state index in [9.17, 15) is 25.2 Å². The Morgan fingerprint density at radius 3 is 1.24 bits per heavy atom. The number of aliphatic hydroxyl groups is 4. The topological polar surface area (TPSA) is 123 Å². The van der Waals surface area contributed by atoms with Crippen LogP contribution >= 0.6 is 0 Å². The zero-order chi connectivity index (χ0) is 32.6. The van der Waals surface area contributed by atoms with Gasteiger partial charge in [0.25, 0.3) is 0 Å². The molecule has 5 rings (SSSR count). The number of ether oxygens (including phenoxy) is 2. The number of hydrogen-bond acceptors (Lipinski definition) is 7. The first kappa shape index (κ1) is 33.0. The summed E-state index contributed by atoms with van der Waals surface area (Å²) in [5, 5.41) is 44.2. The fraction of sp³-hybridized carbons (Fsp3) is 0.324. The molecule has 9 heteroatoms. The average molecular weight is 627 g/mol. The fourth-order valence-corrected chi connectivity index (χ4v) is 6.21. The molecular formula is C37H42N2O7. The first-order valence-corrected chi connectivity index (χ1v) is 15.4. The molecule has 1 aliphatic rings. The Kier molecular flexibility index (Phi) is 10.9. The number of rotatable bonds is 12. The minimum absolute atomic E-state index is 0.105. The van der Waals surface area contributed by atoms with Crippen LogP contribution in [0.4, 0.5) is 4.79 Å². The molecule has 1 heterocycles. The zero-order valence-electron chi connectivity index (χ0n) is 26.2.